The summed E-state index contributed by atoms with van der Waals surface area (Å²) in [6.07, 6.45) is 0. The second kappa shape index (κ2) is 6.09. The van der Waals surface area contributed by atoms with Crippen molar-refractivity contribution in [3.8, 4) is 0 Å². The lowest BCUT2D eigenvalue weighted by Crippen LogP contribution is -2.21. The Hall–Kier alpha value is -2.67. The molecule has 0 aliphatic heterocycles. The number of anilines is 1. The number of benzene rings is 1. The van der Waals surface area contributed by atoms with Crippen molar-refractivity contribution >= 4 is 39.2 Å². The average Bonchev–Trinajstić information content (AvgIpc) is 2.97. The van der Waals surface area contributed by atoms with E-state index in [-0.39, 0.29) is 12.5 Å². The predicted molar refractivity (Wildman–Crippen MR) is 95.4 cm³/mol. The molecule has 0 saturated heterocycles. The summed E-state index contributed by atoms with van der Waals surface area (Å²) in [5, 5.41) is 3.32. The third-order valence-corrected chi connectivity index (χ3v) is 5.15. The van der Waals surface area contributed by atoms with Crippen molar-refractivity contribution in [2.45, 2.75) is 27.3 Å². The van der Waals surface area contributed by atoms with Crippen LogP contribution in [-0.2, 0) is 11.3 Å². The molecular formula is C17H18N4O2S. The number of hydrogen-bond acceptors (Lipinski definition) is 4. The topological polar surface area (TPSA) is 90.0 Å². The zero-order valence-electron chi connectivity index (χ0n) is 13.7. The van der Waals surface area contributed by atoms with E-state index in [1.54, 1.807) is 0 Å². The lowest BCUT2D eigenvalue weighted by atomic mass is 10.1. The third kappa shape index (κ3) is 2.78. The molecule has 7 heteroatoms. The molecule has 0 atom stereocenters. The Morgan fingerprint density at radius 3 is 2.67 bits per heavy atom. The van der Waals surface area contributed by atoms with Crippen LogP contribution in [0.1, 0.15) is 26.6 Å². The van der Waals surface area contributed by atoms with Crippen LogP contribution in [0.3, 0.4) is 0 Å². The van der Waals surface area contributed by atoms with Gasteiger partial charge >= 0.3 is 0 Å². The normalized spacial score (nSPS) is 11.0. The number of nitrogens with one attached hydrogen (secondary N) is 1. The number of nitrogens with zero attached hydrogens (tertiary/aromatic N) is 2. The van der Waals surface area contributed by atoms with Gasteiger partial charge in [-0.05, 0) is 38.5 Å². The number of carbonyl (C=O) groups is 2. The standard InChI is InChI=1S/C17H18N4O2S/c1-9-10(2)24-17(15(9)16(18)23)20-14(22)8-21-11(3)19-12-6-4-5-7-13(12)21/h4-7H,8H2,1-3H3,(H2,18,23)(H,20,22). The highest BCUT2D eigenvalue weighted by Crippen LogP contribution is 2.32. The van der Waals surface area contributed by atoms with E-state index in [1.165, 1.54) is 11.3 Å². The number of aryl methyl sites for hydroxylation is 2. The van der Waals surface area contributed by atoms with Crippen LogP contribution in [-0.4, -0.2) is 21.4 Å². The SMILES string of the molecule is Cc1sc(NC(=O)Cn2c(C)nc3ccccc32)c(C(N)=O)c1C. The van der Waals surface area contributed by atoms with Crippen LogP contribution in [0.25, 0.3) is 11.0 Å². The number of thiophene rings is 1. The Bertz CT molecular complexity index is 955. The molecule has 24 heavy (non-hydrogen) atoms. The van der Waals surface area contributed by atoms with E-state index in [0.717, 1.165) is 27.3 Å². The summed E-state index contributed by atoms with van der Waals surface area (Å²) in [5.74, 6) is 0.0152. The molecule has 2 heterocycles. The van der Waals surface area contributed by atoms with Gasteiger partial charge in [-0.15, -0.1) is 11.3 Å². The largest absolute Gasteiger partial charge is 0.365 e. The molecule has 0 spiro atoms. The summed E-state index contributed by atoms with van der Waals surface area (Å²) < 4.78 is 1.85. The molecule has 3 N–H and O–H groups in total. The van der Waals surface area contributed by atoms with E-state index in [4.69, 9.17) is 5.73 Å². The number of primary amides is 1. The zero-order chi connectivity index (χ0) is 17.4. The predicted octanol–water partition coefficient (Wildman–Crippen LogP) is 2.76. The maximum atomic E-state index is 12.5. The van der Waals surface area contributed by atoms with Crippen molar-refractivity contribution in [3.05, 3.63) is 46.1 Å². The number of rotatable bonds is 4. The van der Waals surface area contributed by atoms with Crippen molar-refractivity contribution in [3.63, 3.8) is 0 Å². The molecular weight excluding hydrogens is 324 g/mol. The fraction of sp³-hybridized carbons (Fsp3) is 0.235. The highest BCUT2D eigenvalue weighted by atomic mass is 32.1. The molecule has 0 saturated carbocycles. The molecule has 2 aromatic heterocycles. The molecule has 0 bridgehead atoms. The quantitative estimate of drug-likeness (QED) is 0.764. The van der Waals surface area contributed by atoms with Crippen LogP contribution in [0, 0.1) is 20.8 Å². The summed E-state index contributed by atoms with van der Waals surface area (Å²) >= 11 is 1.36. The number of imidazole rings is 1. The first kappa shape index (κ1) is 16.2. The van der Waals surface area contributed by atoms with Gasteiger partial charge in [-0.2, -0.15) is 0 Å². The van der Waals surface area contributed by atoms with Gasteiger partial charge in [0.1, 0.15) is 17.4 Å². The molecule has 124 valence electrons. The Balaban J connectivity index is 1.87. The van der Waals surface area contributed by atoms with Gasteiger partial charge in [-0.25, -0.2) is 4.98 Å². The molecule has 0 radical (unpaired) electrons. The lowest BCUT2D eigenvalue weighted by Gasteiger charge is -2.08. The van der Waals surface area contributed by atoms with Gasteiger partial charge in [-0.1, -0.05) is 12.1 Å². The highest BCUT2D eigenvalue weighted by molar-refractivity contribution is 7.16. The number of aromatic nitrogens is 2. The Kier molecular flexibility index (Phi) is 4.11. The second-order valence-corrected chi connectivity index (χ2v) is 6.86. The first-order chi connectivity index (χ1) is 11.4. The van der Waals surface area contributed by atoms with Crippen LogP contribution >= 0.6 is 11.3 Å². The van der Waals surface area contributed by atoms with E-state index in [2.05, 4.69) is 10.3 Å². The summed E-state index contributed by atoms with van der Waals surface area (Å²) in [5.41, 5.74) is 8.39. The van der Waals surface area contributed by atoms with Crippen LogP contribution in [0.15, 0.2) is 24.3 Å². The smallest absolute Gasteiger partial charge is 0.251 e. The number of fused-ring (bicyclic) bond motifs is 1. The number of para-hydroxylation sites is 2. The monoisotopic (exact) mass is 342 g/mol. The molecule has 0 aliphatic rings. The number of carbonyl (C=O) groups excluding carboxylic acids is 2. The molecule has 1 aromatic carbocycles. The van der Waals surface area contributed by atoms with E-state index >= 15 is 0 Å². The van der Waals surface area contributed by atoms with Gasteiger partial charge in [0, 0.05) is 4.88 Å². The van der Waals surface area contributed by atoms with Crippen molar-refractivity contribution in [1.82, 2.24) is 9.55 Å². The molecule has 2 amide bonds. The Morgan fingerprint density at radius 2 is 1.96 bits per heavy atom. The van der Waals surface area contributed by atoms with Gasteiger partial charge in [-0.3, -0.25) is 9.59 Å². The van der Waals surface area contributed by atoms with E-state index in [1.807, 2.05) is 49.6 Å². The van der Waals surface area contributed by atoms with E-state index in [9.17, 15) is 9.59 Å². The van der Waals surface area contributed by atoms with E-state index < -0.39 is 5.91 Å². The zero-order valence-corrected chi connectivity index (χ0v) is 14.5. The van der Waals surface area contributed by atoms with Gasteiger partial charge in [0.25, 0.3) is 5.91 Å². The molecule has 0 aliphatic carbocycles. The lowest BCUT2D eigenvalue weighted by molar-refractivity contribution is -0.116. The fourth-order valence-electron chi connectivity index (χ4n) is 2.72. The summed E-state index contributed by atoms with van der Waals surface area (Å²) in [4.78, 5) is 29.5. The first-order valence-electron chi connectivity index (χ1n) is 7.50. The van der Waals surface area contributed by atoms with Crippen LogP contribution in [0.4, 0.5) is 5.00 Å². The first-order valence-corrected chi connectivity index (χ1v) is 8.31. The van der Waals surface area contributed by atoms with Crippen LogP contribution in [0.5, 0.6) is 0 Å². The fourth-order valence-corrected chi connectivity index (χ4v) is 3.80. The molecule has 0 fully saturated rings. The minimum atomic E-state index is -0.531. The maximum Gasteiger partial charge on any atom is 0.251 e. The maximum absolute atomic E-state index is 12.5. The number of nitrogens with two attached hydrogens (primary N) is 1. The van der Waals surface area contributed by atoms with Crippen LogP contribution in [0.2, 0.25) is 0 Å². The average molecular weight is 342 g/mol. The Morgan fingerprint density at radius 1 is 1.25 bits per heavy atom. The van der Waals surface area contributed by atoms with Gasteiger partial charge < -0.3 is 15.6 Å². The van der Waals surface area contributed by atoms with Gasteiger partial charge in [0.15, 0.2) is 0 Å². The summed E-state index contributed by atoms with van der Waals surface area (Å²) in [6, 6.07) is 7.66. The number of amides is 2. The molecule has 0 unspecified atom stereocenters. The molecule has 3 rings (SSSR count). The van der Waals surface area contributed by atoms with Gasteiger partial charge in [0.2, 0.25) is 5.91 Å². The summed E-state index contributed by atoms with van der Waals surface area (Å²) in [7, 11) is 0. The Labute approximate surface area is 143 Å². The minimum Gasteiger partial charge on any atom is -0.365 e. The van der Waals surface area contributed by atoms with Crippen molar-refractivity contribution in [2.75, 3.05) is 5.32 Å². The van der Waals surface area contributed by atoms with Gasteiger partial charge in [0.05, 0.1) is 16.6 Å². The summed E-state index contributed by atoms with van der Waals surface area (Å²) in [6.45, 7) is 5.72. The highest BCUT2D eigenvalue weighted by Gasteiger charge is 2.19. The molecule has 3 aromatic rings. The van der Waals surface area contributed by atoms with Crippen molar-refractivity contribution in [1.29, 1.82) is 0 Å². The van der Waals surface area contributed by atoms with Crippen LogP contribution < -0.4 is 11.1 Å². The molecule has 6 nitrogen and oxygen atoms in total. The van der Waals surface area contributed by atoms with Crippen molar-refractivity contribution < 1.29 is 9.59 Å². The minimum absolute atomic E-state index is 0.126. The third-order valence-electron chi connectivity index (χ3n) is 4.03. The second-order valence-electron chi connectivity index (χ2n) is 5.63. The van der Waals surface area contributed by atoms with E-state index in [0.29, 0.717) is 10.6 Å². The van der Waals surface area contributed by atoms with Crippen molar-refractivity contribution in [2.24, 2.45) is 5.73 Å². The number of hydrogen-bond donors (Lipinski definition) is 2.